The molecule has 10 nitrogen and oxygen atoms in total. The molecule has 4 aromatic rings. The molecule has 0 radical (unpaired) electrons. The Balaban J connectivity index is 1.56. The van der Waals surface area contributed by atoms with E-state index in [1.54, 1.807) is 0 Å². The van der Waals surface area contributed by atoms with Gasteiger partial charge in [-0.1, -0.05) is 58.3 Å². The van der Waals surface area contributed by atoms with Crippen molar-refractivity contribution in [2.75, 3.05) is 33.6 Å². The van der Waals surface area contributed by atoms with Gasteiger partial charge in [0, 0.05) is 11.4 Å². The van der Waals surface area contributed by atoms with Gasteiger partial charge in [0.15, 0.2) is 8.68 Å². The lowest BCUT2D eigenvalue weighted by Crippen LogP contribution is -2.17. The van der Waals surface area contributed by atoms with Crippen LogP contribution in [0.25, 0.3) is 11.1 Å². The number of nitrogen functional groups attached to an aromatic ring is 2. The summed E-state index contributed by atoms with van der Waals surface area (Å²) in [6.45, 7) is 0. The summed E-state index contributed by atoms with van der Waals surface area (Å²) in [5.41, 5.74) is 6.01. The Morgan fingerprint density at radius 1 is 0.690 bits per heavy atom. The van der Waals surface area contributed by atoms with Gasteiger partial charge in [-0.15, -0.1) is 20.4 Å². The molecule has 2 heterocycles. The number of carbonyl (C=O) groups excluding carboxylic acids is 2. The number of nitrogens with one attached hydrogen (secondary N) is 2. The summed E-state index contributed by atoms with van der Waals surface area (Å²) in [4.78, 5) is 24.5. The van der Waals surface area contributed by atoms with Crippen molar-refractivity contribution in [2.24, 2.45) is 0 Å². The highest BCUT2D eigenvalue weighted by molar-refractivity contribution is 8.02. The van der Waals surface area contributed by atoms with Gasteiger partial charge in [0.2, 0.25) is 22.1 Å². The van der Waals surface area contributed by atoms with Crippen LogP contribution in [0.2, 0.25) is 0 Å². The van der Waals surface area contributed by atoms with E-state index in [0.29, 0.717) is 20.8 Å². The molecule has 2 aromatic carbocycles. The van der Waals surface area contributed by atoms with Gasteiger partial charge in [-0.25, -0.2) is 0 Å². The van der Waals surface area contributed by atoms with E-state index in [4.69, 9.17) is 11.5 Å². The van der Waals surface area contributed by atoms with Crippen LogP contribution in [0.3, 0.4) is 0 Å². The zero-order valence-electron chi connectivity index (χ0n) is 20.5. The lowest BCUT2D eigenvalue weighted by atomic mass is 9.93. The smallest absolute Gasteiger partial charge is 0.374 e. The number of aromatic nitrogens is 4. The summed E-state index contributed by atoms with van der Waals surface area (Å²) < 4.78 is 84.9. The van der Waals surface area contributed by atoms with Crippen molar-refractivity contribution in [1.29, 1.82) is 0 Å². The van der Waals surface area contributed by atoms with Gasteiger partial charge < -0.3 is 22.1 Å². The molecule has 0 spiro atoms. The molecule has 6 N–H and O–H groups in total. The number of alkyl halides is 6. The van der Waals surface area contributed by atoms with E-state index in [9.17, 15) is 35.9 Å². The fraction of sp³-hybridized carbons (Fsp3) is 0.182. The number of amides is 2. The summed E-state index contributed by atoms with van der Waals surface area (Å²) >= 11 is 3.94. The lowest BCUT2D eigenvalue weighted by Gasteiger charge is -2.19. The predicted molar refractivity (Wildman–Crippen MR) is 149 cm³/mol. The van der Waals surface area contributed by atoms with Crippen molar-refractivity contribution in [3.63, 3.8) is 0 Å². The second-order valence-corrected chi connectivity index (χ2v) is 12.5. The number of thioether (sulfide) groups is 2. The predicted octanol–water partition coefficient (Wildman–Crippen LogP) is 5.72. The molecule has 0 bridgehead atoms. The molecule has 0 aliphatic heterocycles. The molecule has 0 unspecified atom stereocenters. The highest BCUT2D eigenvalue weighted by atomic mass is 32.2. The summed E-state index contributed by atoms with van der Waals surface area (Å²) in [6, 6.07) is 4.89. The molecule has 2 amide bonds. The van der Waals surface area contributed by atoms with E-state index < -0.39 is 46.4 Å². The minimum Gasteiger partial charge on any atom is -0.374 e. The van der Waals surface area contributed by atoms with Crippen molar-refractivity contribution in [3.8, 4) is 11.1 Å². The van der Waals surface area contributed by atoms with E-state index in [0.717, 1.165) is 70.5 Å². The maximum Gasteiger partial charge on any atom is 0.417 e. The number of anilines is 4. The Morgan fingerprint density at radius 2 is 1.07 bits per heavy atom. The van der Waals surface area contributed by atoms with Crippen molar-refractivity contribution >= 4 is 79.6 Å². The van der Waals surface area contributed by atoms with Gasteiger partial charge in [-0.2, -0.15) is 26.3 Å². The third-order valence-corrected chi connectivity index (χ3v) is 8.78. The van der Waals surface area contributed by atoms with Gasteiger partial charge >= 0.3 is 12.4 Å². The molecular formula is C22H16F6N8O2S4. The first-order chi connectivity index (χ1) is 19.7. The quantitative estimate of drug-likeness (QED) is 0.128. The zero-order valence-corrected chi connectivity index (χ0v) is 23.8. The van der Waals surface area contributed by atoms with Crippen LogP contribution in [0.1, 0.15) is 11.1 Å². The van der Waals surface area contributed by atoms with E-state index in [1.807, 2.05) is 0 Å². The average Bonchev–Trinajstić information content (AvgIpc) is 3.52. The standard InChI is InChI=1S/C22H16F6N8O2S4/c23-21(24,25)13-5-9(31-15(37)7-39-19-35-33-17(29)41-19)1-3-11(13)12-4-2-10(6-14(12)22(26,27)28)32-16(38)8-40-20-36-34-18(30)42-20/h1-6H,7-8H2,(H2,29,33)(H2,30,34)(H,31,37)(H,32,38). The molecule has 0 atom stereocenters. The lowest BCUT2D eigenvalue weighted by molar-refractivity contribution is -0.139. The number of nitrogens with zero attached hydrogens (tertiary/aromatic N) is 4. The van der Waals surface area contributed by atoms with Gasteiger partial charge in [-0.3, -0.25) is 9.59 Å². The maximum absolute atomic E-state index is 14.0. The molecule has 0 fully saturated rings. The van der Waals surface area contributed by atoms with Gasteiger partial charge in [0.05, 0.1) is 22.6 Å². The summed E-state index contributed by atoms with van der Waals surface area (Å²) in [5, 5.41) is 19.5. The molecule has 42 heavy (non-hydrogen) atoms. The topological polar surface area (TPSA) is 162 Å². The minimum absolute atomic E-state index is 0.173. The van der Waals surface area contributed by atoms with Crippen molar-refractivity contribution < 1.29 is 35.9 Å². The largest absolute Gasteiger partial charge is 0.417 e. The Kier molecular flexibility index (Phi) is 9.48. The van der Waals surface area contributed by atoms with Crippen molar-refractivity contribution in [3.05, 3.63) is 47.5 Å². The second-order valence-electron chi connectivity index (χ2n) is 8.00. The van der Waals surface area contributed by atoms with Crippen LogP contribution in [0.15, 0.2) is 45.1 Å². The first-order valence-electron chi connectivity index (χ1n) is 11.1. The molecule has 2 aromatic heterocycles. The number of halogens is 6. The van der Waals surface area contributed by atoms with Crippen LogP contribution in [-0.4, -0.2) is 43.7 Å². The van der Waals surface area contributed by atoms with E-state index >= 15 is 0 Å². The number of carbonyl (C=O) groups is 2. The van der Waals surface area contributed by atoms with Crippen molar-refractivity contribution in [2.45, 2.75) is 21.0 Å². The molecular weight excluding hydrogens is 651 g/mol. The average molecular weight is 667 g/mol. The molecule has 0 saturated carbocycles. The Morgan fingerprint density at radius 3 is 1.38 bits per heavy atom. The Labute approximate surface area is 248 Å². The number of hydrogen-bond donors (Lipinski definition) is 4. The van der Waals surface area contributed by atoms with Crippen LogP contribution >= 0.6 is 46.2 Å². The fourth-order valence-corrected chi connectivity index (χ4v) is 6.26. The summed E-state index contributed by atoms with van der Waals surface area (Å²) in [6.07, 6.45) is -10.1. The van der Waals surface area contributed by atoms with Gasteiger partial charge in [0.1, 0.15) is 0 Å². The number of hydrogen-bond acceptors (Lipinski definition) is 12. The monoisotopic (exact) mass is 666 g/mol. The van der Waals surface area contributed by atoms with Crippen LogP contribution < -0.4 is 22.1 Å². The van der Waals surface area contributed by atoms with Crippen LogP contribution in [0.4, 0.5) is 48.0 Å². The van der Waals surface area contributed by atoms with E-state index in [1.165, 1.54) is 0 Å². The molecule has 0 aliphatic rings. The normalized spacial score (nSPS) is 11.9. The fourth-order valence-electron chi connectivity index (χ4n) is 3.39. The Bertz CT molecular complexity index is 1490. The SMILES string of the molecule is Nc1nnc(SCC(=O)Nc2ccc(-c3ccc(NC(=O)CSc4nnc(N)s4)cc3C(F)(F)F)c(C(F)(F)F)c2)s1. The minimum atomic E-state index is -5.07. The maximum atomic E-state index is 14.0. The van der Waals surface area contributed by atoms with Crippen molar-refractivity contribution in [1.82, 2.24) is 20.4 Å². The van der Waals surface area contributed by atoms with Crippen LogP contribution in [0, 0.1) is 0 Å². The van der Waals surface area contributed by atoms with E-state index in [2.05, 4.69) is 31.0 Å². The van der Waals surface area contributed by atoms with Crippen LogP contribution in [-0.2, 0) is 21.9 Å². The molecule has 20 heteroatoms. The number of nitrogens with two attached hydrogens (primary N) is 2. The molecule has 0 saturated heterocycles. The second kappa shape index (κ2) is 12.7. The summed E-state index contributed by atoms with van der Waals surface area (Å²) in [7, 11) is 0. The zero-order chi connectivity index (χ0) is 30.7. The first-order valence-corrected chi connectivity index (χ1v) is 14.8. The third kappa shape index (κ3) is 8.23. The first kappa shape index (κ1) is 31.3. The number of benzene rings is 2. The highest BCUT2D eigenvalue weighted by Gasteiger charge is 2.39. The number of rotatable bonds is 9. The highest BCUT2D eigenvalue weighted by Crippen LogP contribution is 2.44. The van der Waals surface area contributed by atoms with Crippen LogP contribution in [0.5, 0.6) is 0 Å². The van der Waals surface area contributed by atoms with Gasteiger partial charge in [0.25, 0.3) is 0 Å². The Hall–Kier alpha value is -3.62. The van der Waals surface area contributed by atoms with Gasteiger partial charge in [-0.05, 0) is 35.4 Å². The third-order valence-electron chi connectivity index (χ3n) is 5.01. The molecule has 222 valence electrons. The molecule has 4 rings (SSSR count). The van der Waals surface area contributed by atoms with E-state index in [-0.39, 0.29) is 33.1 Å². The summed E-state index contributed by atoms with van der Waals surface area (Å²) in [5.74, 6) is -1.82. The molecule has 0 aliphatic carbocycles.